The predicted molar refractivity (Wildman–Crippen MR) is 142 cm³/mol. The van der Waals surface area contributed by atoms with Gasteiger partial charge in [0.2, 0.25) is 5.91 Å². The van der Waals surface area contributed by atoms with Crippen LogP contribution in [0.4, 0.5) is 10.1 Å². The maximum atomic E-state index is 14.0. The van der Waals surface area contributed by atoms with Gasteiger partial charge in [0, 0.05) is 36.7 Å². The molecule has 1 aliphatic rings. The van der Waals surface area contributed by atoms with Gasteiger partial charge in [0.1, 0.15) is 5.82 Å². The maximum absolute atomic E-state index is 14.0. The number of aryl methyl sites for hydroxylation is 1. The van der Waals surface area contributed by atoms with Gasteiger partial charge < -0.3 is 20.1 Å². The van der Waals surface area contributed by atoms with E-state index in [4.69, 9.17) is 12.2 Å². The van der Waals surface area contributed by atoms with Crippen LogP contribution in [0.1, 0.15) is 35.5 Å². The zero-order valence-corrected chi connectivity index (χ0v) is 20.6. The van der Waals surface area contributed by atoms with Crippen molar-refractivity contribution in [3.05, 3.63) is 114 Å². The molecule has 2 atom stereocenters. The Morgan fingerprint density at radius 2 is 1.83 bits per heavy atom. The van der Waals surface area contributed by atoms with Crippen LogP contribution in [0.2, 0.25) is 0 Å². The summed E-state index contributed by atoms with van der Waals surface area (Å²) >= 11 is 5.73. The molecule has 6 nitrogen and oxygen atoms in total. The number of carbonyl (C=O) groups is 1. The van der Waals surface area contributed by atoms with Crippen LogP contribution in [0, 0.1) is 12.7 Å². The van der Waals surface area contributed by atoms with E-state index >= 15 is 0 Å². The summed E-state index contributed by atoms with van der Waals surface area (Å²) in [4.78, 5) is 19.3. The molecule has 1 amide bonds. The third kappa shape index (κ3) is 4.85. The van der Waals surface area contributed by atoms with Crippen LogP contribution in [0.25, 0.3) is 5.69 Å². The summed E-state index contributed by atoms with van der Waals surface area (Å²) in [6.45, 7) is 2.42. The Kier molecular flexibility index (Phi) is 6.77. The van der Waals surface area contributed by atoms with E-state index in [-0.39, 0.29) is 30.1 Å². The number of rotatable bonds is 7. The molecule has 36 heavy (non-hydrogen) atoms. The van der Waals surface area contributed by atoms with Crippen LogP contribution < -0.4 is 10.6 Å². The largest absolute Gasteiger partial charge is 0.352 e. The molecule has 182 valence electrons. The van der Waals surface area contributed by atoms with Crippen molar-refractivity contribution in [3.63, 3.8) is 0 Å². The summed E-state index contributed by atoms with van der Waals surface area (Å²) in [6, 6.07) is 24.0. The number of para-hydroxylation sites is 1. The number of carbonyl (C=O) groups excluding carboxylic acids is 1. The minimum Gasteiger partial charge on any atom is -0.352 e. The fraction of sp³-hybridized carbons (Fsp3) is 0.179. The number of benzene rings is 2. The Balaban J connectivity index is 1.44. The number of hydrogen-bond donors (Lipinski definition) is 2. The molecule has 0 radical (unpaired) electrons. The average molecular weight is 500 g/mol. The summed E-state index contributed by atoms with van der Waals surface area (Å²) < 4.78 is 16.1. The molecule has 5 rings (SSSR count). The van der Waals surface area contributed by atoms with Crippen molar-refractivity contribution in [1.29, 1.82) is 0 Å². The number of pyridine rings is 1. The zero-order chi connectivity index (χ0) is 25.1. The Labute approximate surface area is 214 Å². The topological polar surface area (TPSA) is 62.2 Å². The van der Waals surface area contributed by atoms with Crippen molar-refractivity contribution < 1.29 is 9.18 Å². The van der Waals surface area contributed by atoms with E-state index in [1.54, 1.807) is 24.4 Å². The molecule has 2 aromatic carbocycles. The molecule has 2 N–H and O–H groups in total. The lowest BCUT2D eigenvalue weighted by Crippen LogP contribution is -2.33. The molecule has 4 aromatic rings. The SMILES string of the molecule is Cc1ccc(-n2cccc2[C@H]2[C@H](c3ccccn3)NC(=S)N2CCC(=O)Nc2ccccc2F)cc1. The van der Waals surface area contributed by atoms with E-state index in [1.807, 2.05) is 35.4 Å². The minimum atomic E-state index is -0.465. The van der Waals surface area contributed by atoms with Gasteiger partial charge in [-0.05, 0) is 67.7 Å². The van der Waals surface area contributed by atoms with Gasteiger partial charge in [-0.1, -0.05) is 35.9 Å². The molecule has 3 heterocycles. The molecule has 1 saturated heterocycles. The second-order valence-electron chi connectivity index (χ2n) is 8.74. The Morgan fingerprint density at radius 3 is 2.58 bits per heavy atom. The third-order valence-corrected chi connectivity index (χ3v) is 6.67. The summed E-state index contributed by atoms with van der Waals surface area (Å²) in [5.74, 6) is -0.745. The van der Waals surface area contributed by atoms with Gasteiger partial charge in [-0.15, -0.1) is 0 Å². The number of nitrogens with zero attached hydrogens (tertiary/aromatic N) is 3. The van der Waals surface area contributed by atoms with Crippen molar-refractivity contribution in [3.8, 4) is 5.69 Å². The Bertz CT molecular complexity index is 1370. The molecule has 0 bridgehead atoms. The van der Waals surface area contributed by atoms with E-state index in [2.05, 4.69) is 57.4 Å². The molecule has 0 unspecified atom stereocenters. The monoisotopic (exact) mass is 499 g/mol. The van der Waals surface area contributed by atoms with E-state index in [0.717, 1.165) is 17.1 Å². The van der Waals surface area contributed by atoms with Gasteiger partial charge in [-0.3, -0.25) is 9.78 Å². The fourth-order valence-electron chi connectivity index (χ4n) is 4.54. The Hall–Kier alpha value is -4.04. The Morgan fingerprint density at radius 1 is 1.06 bits per heavy atom. The van der Waals surface area contributed by atoms with Crippen LogP contribution in [0.3, 0.4) is 0 Å². The van der Waals surface area contributed by atoms with Gasteiger partial charge in [0.05, 0.1) is 23.5 Å². The molecule has 1 fully saturated rings. The van der Waals surface area contributed by atoms with Crippen molar-refractivity contribution >= 4 is 28.9 Å². The molecule has 0 saturated carbocycles. The average Bonchev–Trinajstić information content (AvgIpc) is 3.49. The van der Waals surface area contributed by atoms with Crippen LogP contribution in [-0.2, 0) is 4.79 Å². The van der Waals surface area contributed by atoms with Gasteiger partial charge in [-0.25, -0.2) is 4.39 Å². The zero-order valence-electron chi connectivity index (χ0n) is 19.8. The number of hydrogen-bond acceptors (Lipinski definition) is 3. The van der Waals surface area contributed by atoms with E-state index in [9.17, 15) is 9.18 Å². The normalized spacial score (nSPS) is 17.2. The number of aromatic nitrogens is 2. The van der Waals surface area contributed by atoms with Gasteiger partial charge in [0.25, 0.3) is 0 Å². The van der Waals surface area contributed by atoms with Crippen molar-refractivity contribution in [2.24, 2.45) is 0 Å². The van der Waals surface area contributed by atoms with Crippen LogP contribution >= 0.6 is 12.2 Å². The molecule has 2 aromatic heterocycles. The quantitative estimate of drug-likeness (QED) is 0.337. The first-order valence-electron chi connectivity index (χ1n) is 11.8. The highest BCUT2D eigenvalue weighted by Crippen LogP contribution is 2.39. The summed E-state index contributed by atoms with van der Waals surface area (Å²) in [6.07, 6.45) is 3.94. The predicted octanol–water partition coefficient (Wildman–Crippen LogP) is 5.32. The minimum absolute atomic E-state index is 0.146. The standard InChI is InChI=1S/C28H26FN5OS/c1-19-11-13-20(14-12-19)33-17-6-10-24(33)27-26(23-9-4-5-16-30-23)32-28(36)34(27)18-15-25(35)31-22-8-3-2-7-21(22)29/h2-14,16-17,26-27H,15,18H2,1H3,(H,31,35)(H,32,36)/t26-,27-/m0/s1. The fourth-order valence-corrected chi connectivity index (χ4v) is 4.87. The van der Waals surface area contributed by atoms with Crippen LogP contribution in [0.5, 0.6) is 0 Å². The molecule has 1 aliphatic heterocycles. The first-order chi connectivity index (χ1) is 17.5. The summed E-state index contributed by atoms with van der Waals surface area (Å²) in [5.41, 5.74) is 4.28. The molecular formula is C28H26FN5OS. The molecule has 0 aliphatic carbocycles. The maximum Gasteiger partial charge on any atom is 0.226 e. The first kappa shape index (κ1) is 23.7. The molecule has 8 heteroatoms. The van der Waals surface area contributed by atoms with E-state index in [1.165, 1.54) is 11.6 Å². The van der Waals surface area contributed by atoms with E-state index in [0.29, 0.717) is 11.7 Å². The smallest absolute Gasteiger partial charge is 0.226 e. The summed E-state index contributed by atoms with van der Waals surface area (Å²) in [7, 11) is 0. The number of halogens is 1. The number of thiocarbonyl (C=S) groups is 1. The summed E-state index contributed by atoms with van der Waals surface area (Å²) in [5, 5.41) is 6.63. The highest BCUT2D eigenvalue weighted by Gasteiger charge is 2.41. The highest BCUT2D eigenvalue weighted by molar-refractivity contribution is 7.80. The van der Waals surface area contributed by atoms with E-state index < -0.39 is 5.82 Å². The van der Waals surface area contributed by atoms with Crippen molar-refractivity contribution in [2.75, 3.05) is 11.9 Å². The molecule has 0 spiro atoms. The second kappa shape index (κ2) is 10.3. The first-order valence-corrected chi connectivity index (χ1v) is 12.2. The van der Waals surface area contributed by atoms with Crippen LogP contribution in [-0.4, -0.2) is 32.0 Å². The number of amides is 1. The van der Waals surface area contributed by atoms with Gasteiger partial charge >= 0.3 is 0 Å². The number of nitrogens with one attached hydrogen (secondary N) is 2. The highest BCUT2D eigenvalue weighted by atomic mass is 32.1. The van der Waals surface area contributed by atoms with Gasteiger partial charge in [0.15, 0.2) is 5.11 Å². The van der Waals surface area contributed by atoms with Gasteiger partial charge in [-0.2, -0.15) is 0 Å². The number of anilines is 1. The second-order valence-corrected chi connectivity index (χ2v) is 9.12. The lowest BCUT2D eigenvalue weighted by molar-refractivity contribution is -0.116. The van der Waals surface area contributed by atoms with Crippen LogP contribution in [0.15, 0.2) is 91.3 Å². The van der Waals surface area contributed by atoms with Crippen molar-refractivity contribution in [1.82, 2.24) is 19.8 Å². The third-order valence-electron chi connectivity index (χ3n) is 6.32. The lowest BCUT2D eigenvalue weighted by Gasteiger charge is -2.29. The molecular weight excluding hydrogens is 473 g/mol. The van der Waals surface area contributed by atoms with Crippen molar-refractivity contribution in [2.45, 2.75) is 25.4 Å². The lowest BCUT2D eigenvalue weighted by atomic mass is 10.0.